The van der Waals surface area contributed by atoms with Gasteiger partial charge in [0.15, 0.2) is 0 Å². The van der Waals surface area contributed by atoms with Crippen molar-refractivity contribution in [3.05, 3.63) is 22.9 Å². The van der Waals surface area contributed by atoms with Crippen molar-refractivity contribution >= 4 is 5.82 Å². The lowest BCUT2D eigenvalue weighted by Crippen LogP contribution is -2.26. The number of hydrogen-bond acceptors (Lipinski definition) is 4. The maximum atomic E-state index is 10.1. The predicted octanol–water partition coefficient (Wildman–Crippen LogP) is 2.04. The van der Waals surface area contributed by atoms with E-state index in [2.05, 4.69) is 17.0 Å². The molecule has 4 rings (SSSR count). The van der Waals surface area contributed by atoms with Crippen LogP contribution >= 0.6 is 0 Å². The first-order valence-electron chi connectivity index (χ1n) is 8.12. The van der Waals surface area contributed by atoms with Crippen molar-refractivity contribution in [3.8, 4) is 6.07 Å². The maximum absolute atomic E-state index is 10.1. The van der Waals surface area contributed by atoms with Crippen molar-refractivity contribution in [1.82, 2.24) is 4.98 Å². The number of aryl methyl sites for hydroxylation is 2. The zero-order valence-corrected chi connectivity index (χ0v) is 12.3. The lowest BCUT2D eigenvalue weighted by atomic mass is 9.95. The van der Waals surface area contributed by atoms with Crippen LogP contribution < -0.4 is 4.90 Å². The number of aromatic nitrogens is 1. The van der Waals surface area contributed by atoms with Gasteiger partial charge in [0.05, 0.1) is 11.7 Å². The second-order valence-corrected chi connectivity index (χ2v) is 6.76. The van der Waals surface area contributed by atoms with Crippen molar-refractivity contribution in [2.75, 3.05) is 18.0 Å². The molecule has 2 heterocycles. The molecule has 3 aliphatic rings. The molecule has 2 fully saturated rings. The van der Waals surface area contributed by atoms with Crippen molar-refractivity contribution in [3.63, 3.8) is 0 Å². The Bertz CT molecular complexity index is 607. The van der Waals surface area contributed by atoms with E-state index in [9.17, 15) is 10.4 Å². The highest BCUT2D eigenvalue weighted by Gasteiger charge is 2.42. The van der Waals surface area contributed by atoms with Gasteiger partial charge in [-0.1, -0.05) is 0 Å². The predicted molar refractivity (Wildman–Crippen MR) is 80.0 cm³/mol. The average molecular weight is 283 g/mol. The number of pyridine rings is 1. The normalized spacial score (nSPS) is 30.9. The summed E-state index contributed by atoms with van der Waals surface area (Å²) in [5, 5.41) is 19.5. The topological polar surface area (TPSA) is 60.2 Å². The third kappa shape index (κ3) is 2.11. The standard InChI is InChI=1S/C17H21N3O/c18-8-13-7-11-3-1-2-4-15(11)19-17(13)20-9-12-5-6-16(21)14(12)10-20/h7,12,14,16,21H,1-6,9-10H2. The molecule has 0 aromatic carbocycles. The second kappa shape index (κ2) is 4.99. The number of hydrogen-bond donors (Lipinski definition) is 1. The number of aliphatic hydroxyl groups is 1. The summed E-state index contributed by atoms with van der Waals surface area (Å²) >= 11 is 0. The first-order chi connectivity index (χ1) is 10.3. The minimum Gasteiger partial charge on any atom is -0.393 e. The lowest BCUT2D eigenvalue weighted by molar-refractivity contribution is 0.133. The smallest absolute Gasteiger partial charge is 0.146 e. The Labute approximate surface area is 125 Å². The van der Waals surface area contributed by atoms with Gasteiger partial charge >= 0.3 is 0 Å². The molecule has 0 radical (unpaired) electrons. The third-order valence-electron chi connectivity index (χ3n) is 5.52. The van der Waals surface area contributed by atoms with E-state index in [0.29, 0.717) is 17.4 Å². The summed E-state index contributed by atoms with van der Waals surface area (Å²) in [6.07, 6.45) is 6.39. The Morgan fingerprint density at radius 2 is 2.10 bits per heavy atom. The highest BCUT2D eigenvalue weighted by Crippen LogP contribution is 2.40. The number of nitrogens with zero attached hydrogens (tertiary/aromatic N) is 3. The Morgan fingerprint density at radius 1 is 1.24 bits per heavy atom. The molecule has 4 nitrogen and oxygen atoms in total. The summed E-state index contributed by atoms with van der Waals surface area (Å²) < 4.78 is 0. The molecule has 0 spiro atoms. The SMILES string of the molecule is N#Cc1cc2c(nc1N1CC3CCC(O)C3C1)CCCC2. The molecule has 1 aliphatic heterocycles. The third-order valence-corrected chi connectivity index (χ3v) is 5.52. The van der Waals surface area contributed by atoms with Crippen LogP contribution in [-0.2, 0) is 12.8 Å². The van der Waals surface area contributed by atoms with Gasteiger partial charge in [-0.3, -0.25) is 0 Å². The van der Waals surface area contributed by atoms with Crippen LogP contribution in [0.15, 0.2) is 6.07 Å². The molecule has 0 amide bonds. The summed E-state index contributed by atoms with van der Waals surface area (Å²) in [4.78, 5) is 7.08. The molecule has 1 aromatic rings. The second-order valence-electron chi connectivity index (χ2n) is 6.76. The molecule has 110 valence electrons. The van der Waals surface area contributed by atoms with Gasteiger partial charge in [0.25, 0.3) is 0 Å². The zero-order valence-electron chi connectivity index (χ0n) is 12.3. The number of anilines is 1. The van der Waals surface area contributed by atoms with Gasteiger partial charge < -0.3 is 10.0 Å². The highest BCUT2D eigenvalue weighted by atomic mass is 16.3. The van der Waals surface area contributed by atoms with Crippen molar-refractivity contribution < 1.29 is 5.11 Å². The quantitative estimate of drug-likeness (QED) is 0.857. The molecule has 3 unspecified atom stereocenters. The van der Waals surface area contributed by atoms with Gasteiger partial charge in [-0.25, -0.2) is 4.98 Å². The maximum Gasteiger partial charge on any atom is 0.146 e. The largest absolute Gasteiger partial charge is 0.393 e. The highest BCUT2D eigenvalue weighted by molar-refractivity contribution is 5.57. The van der Waals surface area contributed by atoms with Crippen LogP contribution in [0.25, 0.3) is 0 Å². The van der Waals surface area contributed by atoms with Gasteiger partial charge in [-0.15, -0.1) is 0 Å². The summed E-state index contributed by atoms with van der Waals surface area (Å²) in [6.45, 7) is 1.80. The monoisotopic (exact) mass is 283 g/mol. The molecule has 2 aliphatic carbocycles. The van der Waals surface area contributed by atoms with Crippen molar-refractivity contribution in [2.24, 2.45) is 11.8 Å². The van der Waals surface area contributed by atoms with E-state index in [1.165, 1.54) is 24.1 Å². The molecule has 3 atom stereocenters. The fourth-order valence-corrected chi connectivity index (χ4v) is 4.36. The Morgan fingerprint density at radius 3 is 2.90 bits per heavy atom. The van der Waals surface area contributed by atoms with Crippen LogP contribution in [-0.4, -0.2) is 29.3 Å². The van der Waals surface area contributed by atoms with Gasteiger partial charge in [0.1, 0.15) is 11.9 Å². The van der Waals surface area contributed by atoms with Crippen molar-refractivity contribution in [2.45, 2.75) is 44.6 Å². The molecule has 0 bridgehead atoms. The van der Waals surface area contributed by atoms with E-state index >= 15 is 0 Å². The summed E-state index contributed by atoms with van der Waals surface area (Å²) in [6, 6.07) is 4.39. The lowest BCUT2D eigenvalue weighted by Gasteiger charge is -2.23. The first kappa shape index (κ1) is 13.1. The first-order valence-corrected chi connectivity index (χ1v) is 8.12. The van der Waals surface area contributed by atoms with E-state index < -0.39 is 0 Å². The van der Waals surface area contributed by atoms with Crippen LogP contribution in [0.5, 0.6) is 0 Å². The zero-order chi connectivity index (χ0) is 14.4. The van der Waals surface area contributed by atoms with Crippen LogP contribution in [0.3, 0.4) is 0 Å². The number of nitriles is 1. The summed E-state index contributed by atoms with van der Waals surface area (Å²) in [5.41, 5.74) is 3.17. The van der Waals surface area contributed by atoms with Gasteiger partial charge in [-0.2, -0.15) is 5.26 Å². The summed E-state index contributed by atoms with van der Waals surface area (Å²) in [5.74, 6) is 1.80. The van der Waals surface area contributed by atoms with Crippen LogP contribution in [0.4, 0.5) is 5.82 Å². The summed E-state index contributed by atoms with van der Waals surface area (Å²) in [7, 11) is 0. The van der Waals surface area contributed by atoms with Gasteiger partial charge in [0.2, 0.25) is 0 Å². The molecular weight excluding hydrogens is 262 g/mol. The number of aliphatic hydroxyl groups excluding tert-OH is 1. The minimum atomic E-state index is -0.164. The van der Waals surface area contributed by atoms with Crippen molar-refractivity contribution in [1.29, 1.82) is 5.26 Å². The molecule has 21 heavy (non-hydrogen) atoms. The Balaban J connectivity index is 1.67. The Kier molecular flexibility index (Phi) is 3.11. The van der Waals surface area contributed by atoms with Gasteiger partial charge in [0, 0.05) is 24.7 Å². The average Bonchev–Trinajstić information content (AvgIpc) is 3.08. The molecular formula is C17H21N3O. The van der Waals surface area contributed by atoms with Crippen LogP contribution in [0.2, 0.25) is 0 Å². The minimum absolute atomic E-state index is 0.164. The number of fused-ring (bicyclic) bond motifs is 2. The molecule has 1 N–H and O–H groups in total. The van der Waals surface area contributed by atoms with E-state index in [0.717, 1.165) is 44.6 Å². The molecule has 1 aromatic heterocycles. The fourth-order valence-electron chi connectivity index (χ4n) is 4.36. The van der Waals surface area contributed by atoms with E-state index in [1.54, 1.807) is 0 Å². The van der Waals surface area contributed by atoms with E-state index in [-0.39, 0.29) is 6.10 Å². The Hall–Kier alpha value is -1.60. The number of rotatable bonds is 1. The van der Waals surface area contributed by atoms with E-state index in [1.807, 2.05) is 0 Å². The molecule has 1 saturated heterocycles. The van der Waals surface area contributed by atoms with Crippen LogP contribution in [0, 0.1) is 23.2 Å². The fraction of sp³-hybridized carbons (Fsp3) is 0.647. The van der Waals surface area contributed by atoms with Gasteiger partial charge in [-0.05, 0) is 56.1 Å². The molecule has 1 saturated carbocycles. The van der Waals surface area contributed by atoms with Crippen LogP contribution in [0.1, 0.15) is 42.5 Å². The van der Waals surface area contributed by atoms with E-state index in [4.69, 9.17) is 4.98 Å². The molecule has 4 heteroatoms.